The van der Waals surface area contributed by atoms with Gasteiger partial charge in [0.15, 0.2) is 4.34 Å². The minimum atomic E-state index is -0.423. The highest BCUT2D eigenvalue weighted by atomic mass is 32.2. The molecule has 0 aliphatic rings. The fourth-order valence-electron chi connectivity index (χ4n) is 3.28. The van der Waals surface area contributed by atoms with Gasteiger partial charge in [-0.2, -0.15) is 4.52 Å². The van der Waals surface area contributed by atoms with Gasteiger partial charge in [0, 0.05) is 18.5 Å². The zero-order chi connectivity index (χ0) is 23.4. The Balaban J connectivity index is 1.51. The highest BCUT2D eigenvalue weighted by molar-refractivity contribution is 8.01. The summed E-state index contributed by atoms with van der Waals surface area (Å²) in [5, 5.41) is 12.7. The molecule has 0 N–H and O–H groups in total. The lowest BCUT2D eigenvalue weighted by molar-refractivity contribution is -0.129. The molecule has 2 aromatic carbocycles. The molecule has 0 spiro atoms. The van der Waals surface area contributed by atoms with Crippen molar-refractivity contribution in [2.75, 3.05) is 5.75 Å². The normalized spacial score (nSPS) is 11.6. The fourth-order valence-corrected chi connectivity index (χ4v) is 5.06. The summed E-state index contributed by atoms with van der Waals surface area (Å²) in [6, 6.07) is 19.9. The van der Waals surface area contributed by atoms with Crippen LogP contribution in [0.3, 0.4) is 0 Å². The van der Waals surface area contributed by atoms with Gasteiger partial charge >= 0.3 is 0 Å². The van der Waals surface area contributed by atoms with Crippen LogP contribution in [0.25, 0.3) is 4.96 Å². The lowest BCUT2D eigenvalue weighted by Gasteiger charge is -2.23. The van der Waals surface area contributed by atoms with Gasteiger partial charge in [-0.3, -0.25) is 9.59 Å². The predicted octanol–water partition coefficient (Wildman–Crippen LogP) is 4.16. The average Bonchev–Trinajstić information content (AvgIpc) is 3.22. The Labute approximate surface area is 200 Å². The van der Waals surface area contributed by atoms with E-state index < -0.39 is 5.41 Å². The number of thioether (sulfide) groups is 1. The molecule has 0 bridgehead atoms. The van der Waals surface area contributed by atoms with Crippen molar-refractivity contribution < 1.29 is 4.79 Å². The third-order valence-electron chi connectivity index (χ3n) is 4.99. The van der Waals surface area contributed by atoms with Crippen molar-refractivity contribution in [1.29, 1.82) is 0 Å². The van der Waals surface area contributed by atoms with Gasteiger partial charge in [0.05, 0.1) is 5.75 Å². The highest BCUT2D eigenvalue weighted by Gasteiger charge is 2.23. The molecule has 4 rings (SSSR count). The Morgan fingerprint density at radius 2 is 1.55 bits per heavy atom. The number of carbonyl (C=O) groups is 1. The molecule has 7 nitrogen and oxygen atoms in total. The molecule has 0 saturated heterocycles. The van der Waals surface area contributed by atoms with E-state index in [9.17, 15) is 9.59 Å². The van der Waals surface area contributed by atoms with E-state index in [0.717, 1.165) is 11.1 Å². The molecule has 4 aromatic rings. The maximum atomic E-state index is 13.2. The molecule has 0 saturated carbocycles. The zero-order valence-electron chi connectivity index (χ0n) is 18.8. The van der Waals surface area contributed by atoms with Crippen LogP contribution in [-0.2, 0) is 23.3 Å². The third-order valence-corrected chi connectivity index (χ3v) is 7.00. The highest BCUT2D eigenvalue weighted by Crippen LogP contribution is 2.25. The van der Waals surface area contributed by atoms with Crippen LogP contribution >= 0.6 is 23.1 Å². The Hall–Kier alpha value is -3.04. The van der Waals surface area contributed by atoms with E-state index in [1.807, 2.05) is 86.3 Å². The number of nitrogens with zero attached hydrogens (tertiary/aromatic N) is 5. The Morgan fingerprint density at radius 3 is 2.09 bits per heavy atom. The van der Waals surface area contributed by atoms with Gasteiger partial charge in [-0.1, -0.05) is 105 Å². The molecule has 0 aliphatic heterocycles. The second-order valence-electron chi connectivity index (χ2n) is 8.68. The molecule has 0 aliphatic carbocycles. The van der Waals surface area contributed by atoms with E-state index in [-0.39, 0.29) is 17.2 Å². The smallest absolute Gasteiger partial charge is 0.297 e. The van der Waals surface area contributed by atoms with Crippen molar-refractivity contribution in [3.8, 4) is 0 Å². The standard InChI is InChI=1S/C24H25N5O2S2/c1-24(2,3)20-21(31)29-22(26-25-20)33-23(27-29)32-16-19(30)28(14-17-10-6-4-7-11-17)15-18-12-8-5-9-13-18/h4-13H,14-16H2,1-3H3. The van der Waals surface area contributed by atoms with Gasteiger partial charge in [0.1, 0.15) is 5.69 Å². The molecule has 1 amide bonds. The second kappa shape index (κ2) is 9.84. The lowest BCUT2D eigenvalue weighted by Crippen LogP contribution is -2.31. The average molecular weight is 480 g/mol. The SMILES string of the molecule is CC(C)(C)c1nnc2sc(SCC(=O)N(Cc3ccccc3)Cc3ccccc3)nn2c1=O. The molecule has 170 valence electrons. The molecule has 2 aromatic heterocycles. The third kappa shape index (κ3) is 5.66. The number of rotatable bonds is 7. The predicted molar refractivity (Wildman–Crippen MR) is 131 cm³/mol. The summed E-state index contributed by atoms with van der Waals surface area (Å²) in [6.07, 6.45) is 0. The van der Waals surface area contributed by atoms with Crippen LogP contribution in [0.5, 0.6) is 0 Å². The summed E-state index contributed by atoms with van der Waals surface area (Å²) >= 11 is 2.58. The van der Waals surface area contributed by atoms with Gasteiger partial charge in [-0.15, -0.1) is 15.3 Å². The van der Waals surface area contributed by atoms with E-state index >= 15 is 0 Å². The molecule has 0 unspecified atom stereocenters. The van der Waals surface area contributed by atoms with Gasteiger partial charge in [-0.05, 0) is 11.1 Å². The van der Waals surface area contributed by atoms with E-state index in [2.05, 4.69) is 15.3 Å². The molecule has 0 fully saturated rings. The van der Waals surface area contributed by atoms with Crippen molar-refractivity contribution in [3.63, 3.8) is 0 Å². The number of hydrogen-bond donors (Lipinski definition) is 0. The maximum Gasteiger partial charge on any atom is 0.297 e. The number of aromatic nitrogens is 4. The summed E-state index contributed by atoms with van der Waals surface area (Å²) in [5.41, 5.74) is 1.83. The van der Waals surface area contributed by atoms with E-state index in [4.69, 9.17) is 0 Å². The van der Waals surface area contributed by atoms with E-state index in [1.165, 1.54) is 27.6 Å². The molecule has 2 heterocycles. The first-order valence-corrected chi connectivity index (χ1v) is 12.4. The van der Waals surface area contributed by atoms with Crippen LogP contribution in [0.15, 0.2) is 69.8 Å². The largest absolute Gasteiger partial charge is 0.333 e. The minimum Gasteiger partial charge on any atom is -0.333 e. The number of fused-ring (bicyclic) bond motifs is 1. The molecule has 0 atom stereocenters. The number of benzene rings is 2. The van der Waals surface area contributed by atoms with Crippen molar-refractivity contribution in [2.24, 2.45) is 0 Å². The fraction of sp³-hybridized carbons (Fsp3) is 0.292. The molecule has 9 heteroatoms. The van der Waals surface area contributed by atoms with Crippen LogP contribution in [0.1, 0.15) is 37.6 Å². The first-order chi connectivity index (χ1) is 15.8. The second-order valence-corrected chi connectivity index (χ2v) is 10.9. The summed E-state index contributed by atoms with van der Waals surface area (Å²) in [5.74, 6) is 0.217. The van der Waals surface area contributed by atoms with Crippen LogP contribution in [0.2, 0.25) is 0 Å². The molecule has 33 heavy (non-hydrogen) atoms. The maximum absolute atomic E-state index is 13.2. The number of hydrogen-bond acceptors (Lipinski definition) is 7. The van der Waals surface area contributed by atoms with E-state index in [0.29, 0.717) is 28.1 Å². The first-order valence-electron chi connectivity index (χ1n) is 10.6. The van der Waals surface area contributed by atoms with Crippen LogP contribution in [-0.4, -0.2) is 36.4 Å². The Kier molecular flexibility index (Phi) is 6.90. The molecular formula is C24H25N5O2S2. The van der Waals surface area contributed by atoms with Crippen molar-refractivity contribution in [1.82, 2.24) is 24.7 Å². The minimum absolute atomic E-state index is 0.000717. The lowest BCUT2D eigenvalue weighted by atomic mass is 9.93. The van der Waals surface area contributed by atoms with Gasteiger partial charge in [0.25, 0.3) is 5.56 Å². The van der Waals surface area contributed by atoms with Gasteiger partial charge in [0.2, 0.25) is 10.9 Å². The Bertz CT molecular complexity index is 1260. The van der Waals surface area contributed by atoms with Crippen LogP contribution in [0, 0.1) is 0 Å². The van der Waals surface area contributed by atoms with Crippen molar-refractivity contribution in [3.05, 3.63) is 87.8 Å². The van der Waals surface area contributed by atoms with E-state index in [1.54, 1.807) is 0 Å². The summed E-state index contributed by atoms with van der Waals surface area (Å²) in [6.45, 7) is 6.79. The first kappa shape index (κ1) is 23.1. The number of carbonyl (C=O) groups excluding carboxylic acids is 1. The van der Waals surface area contributed by atoms with Crippen molar-refractivity contribution >= 4 is 34.0 Å². The van der Waals surface area contributed by atoms with Crippen molar-refractivity contribution in [2.45, 2.75) is 43.6 Å². The van der Waals surface area contributed by atoms with Gasteiger partial charge in [-0.25, -0.2) is 0 Å². The zero-order valence-corrected chi connectivity index (χ0v) is 20.4. The molecule has 0 radical (unpaired) electrons. The topological polar surface area (TPSA) is 80.5 Å². The summed E-state index contributed by atoms with van der Waals surface area (Å²) in [4.78, 5) is 28.2. The van der Waals surface area contributed by atoms with Gasteiger partial charge < -0.3 is 4.90 Å². The Morgan fingerprint density at radius 1 is 0.970 bits per heavy atom. The number of amides is 1. The summed E-state index contributed by atoms with van der Waals surface area (Å²) in [7, 11) is 0. The molecular weight excluding hydrogens is 454 g/mol. The van der Waals surface area contributed by atoms with Crippen LogP contribution in [0.4, 0.5) is 0 Å². The quantitative estimate of drug-likeness (QED) is 0.370. The van der Waals surface area contributed by atoms with Crippen LogP contribution < -0.4 is 5.56 Å². The summed E-state index contributed by atoms with van der Waals surface area (Å²) < 4.78 is 1.90. The monoisotopic (exact) mass is 479 g/mol.